The van der Waals surface area contributed by atoms with Gasteiger partial charge in [-0.2, -0.15) is 0 Å². The average molecular weight is 396 g/mol. The van der Waals surface area contributed by atoms with E-state index >= 15 is 0 Å². The van der Waals surface area contributed by atoms with Crippen molar-refractivity contribution in [3.05, 3.63) is 47.3 Å². The third-order valence-electron chi connectivity index (χ3n) is 5.61. The fraction of sp³-hybridized carbons (Fsp3) is 0.522. The van der Waals surface area contributed by atoms with E-state index in [1.165, 1.54) is 0 Å². The number of hydrogen-bond acceptors (Lipinski definition) is 5. The minimum Gasteiger partial charge on any atom is -0.338 e. The highest BCUT2D eigenvalue weighted by Gasteiger charge is 2.20. The van der Waals surface area contributed by atoms with Crippen LogP contribution < -0.4 is 10.2 Å². The minimum atomic E-state index is -0.164. The summed E-state index contributed by atoms with van der Waals surface area (Å²) < 4.78 is 0. The molecule has 1 fully saturated rings. The summed E-state index contributed by atoms with van der Waals surface area (Å²) in [7, 11) is 0. The molecule has 0 unspecified atom stereocenters. The number of anilines is 2. The molecule has 0 atom stereocenters. The monoisotopic (exact) mass is 395 g/mol. The molecule has 0 bridgehead atoms. The van der Waals surface area contributed by atoms with Gasteiger partial charge in [0.2, 0.25) is 5.95 Å². The zero-order valence-corrected chi connectivity index (χ0v) is 18.3. The molecule has 0 saturated carbocycles. The molecule has 156 valence electrons. The van der Waals surface area contributed by atoms with Crippen LogP contribution in [0.4, 0.5) is 11.6 Å². The van der Waals surface area contributed by atoms with Crippen LogP contribution in [-0.2, 0) is 0 Å². The van der Waals surface area contributed by atoms with Gasteiger partial charge in [0.05, 0.1) is 5.56 Å². The van der Waals surface area contributed by atoms with Crippen molar-refractivity contribution in [1.29, 1.82) is 0 Å². The first-order valence-corrected chi connectivity index (χ1v) is 10.6. The molecule has 0 aliphatic carbocycles. The van der Waals surface area contributed by atoms with Crippen LogP contribution in [-0.4, -0.2) is 53.5 Å². The molecule has 1 N–H and O–H groups in total. The summed E-state index contributed by atoms with van der Waals surface area (Å²) in [5, 5.41) is 3.13. The van der Waals surface area contributed by atoms with Crippen LogP contribution in [0.2, 0.25) is 0 Å². The molecule has 0 spiro atoms. The molecule has 1 amide bonds. The van der Waals surface area contributed by atoms with Gasteiger partial charge in [-0.05, 0) is 29.5 Å². The van der Waals surface area contributed by atoms with E-state index in [1.54, 1.807) is 12.4 Å². The Bertz CT molecular complexity index is 797. The molecule has 2 aromatic rings. The van der Waals surface area contributed by atoms with Crippen molar-refractivity contribution in [2.24, 2.45) is 0 Å². The normalized spacial score (nSPS) is 15.2. The molecular weight excluding hydrogens is 362 g/mol. The molecule has 3 rings (SSSR count). The molecule has 0 radical (unpaired) electrons. The van der Waals surface area contributed by atoms with Crippen LogP contribution in [0.1, 0.15) is 67.9 Å². The first-order chi connectivity index (χ1) is 13.9. The quantitative estimate of drug-likeness (QED) is 0.797. The van der Waals surface area contributed by atoms with Crippen molar-refractivity contribution in [1.82, 2.24) is 14.9 Å². The molecule has 1 aromatic heterocycles. The Kier molecular flexibility index (Phi) is 6.85. The zero-order chi connectivity index (χ0) is 21.0. The van der Waals surface area contributed by atoms with Crippen molar-refractivity contribution in [3.8, 4) is 0 Å². The molecule has 2 heterocycles. The fourth-order valence-electron chi connectivity index (χ4n) is 3.75. The second-order valence-corrected chi connectivity index (χ2v) is 8.27. The van der Waals surface area contributed by atoms with Gasteiger partial charge in [-0.1, -0.05) is 52.8 Å². The Morgan fingerprint density at radius 3 is 2.03 bits per heavy atom. The van der Waals surface area contributed by atoms with Gasteiger partial charge in [0.15, 0.2) is 0 Å². The average Bonchev–Trinajstić information content (AvgIpc) is 2.73. The van der Waals surface area contributed by atoms with E-state index in [4.69, 9.17) is 0 Å². The zero-order valence-electron chi connectivity index (χ0n) is 18.3. The van der Waals surface area contributed by atoms with Gasteiger partial charge in [-0.15, -0.1) is 0 Å². The number of carbonyl (C=O) groups is 1. The first-order valence-electron chi connectivity index (χ1n) is 10.6. The number of piperazine rings is 1. The topological polar surface area (TPSA) is 61.4 Å². The van der Waals surface area contributed by atoms with Crippen molar-refractivity contribution in [3.63, 3.8) is 0 Å². The van der Waals surface area contributed by atoms with Crippen LogP contribution in [0.15, 0.2) is 30.6 Å². The lowest BCUT2D eigenvalue weighted by molar-refractivity contribution is 0.102. The number of benzene rings is 1. The largest absolute Gasteiger partial charge is 0.338 e. The molecular formula is C23H33N5O. The lowest BCUT2D eigenvalue weighted by atomic mass is 9.92. The van der Waals surface area contributed by atoms with Crippen LogP contribution in [0, 0.1) is 0 Å². The Balaban J connectivity index is 1.75. The minimum absolute atomic E-state index is 0.164. The fourth-order valence-corrected chi connectivity index (χ4v) is 3.75. The highest BCUT2D eigenvalue weighted by molar-refractivity contribution is 6.04. The van der Waals surface area contributed by atoms with Gasteiger partial charge in [-0.25, -0.2) is 9.97 Å². The van der Waals surface area contributed by atoms with Gasteiger partial charge < -0.3 is 15.1 Å². The highest BCUT2D eigenvalue weighted by Crippen LogP contribution is 2.32. The van der Waals surface area contributed by atoms with E-state index in [0.717, 1.165) is 49.5 Å². The maximum absolute atomic E-state index is 12.9. The number of para-hydroxylation sites is 1. The number of carbonyl (C=O) groups excluding carboxylic acids is 1. The van der Waals surface area contributed by atoms with Crippen molar-refractivity contribution in [2.45, 2.75) is 46.5 Å². The van der Waals surface area contributed by atoms with E-state index in [0.29, 0.717) is 23.3 Å². The predicted molar refractivity (Wildman–Crippen MR) is 119 cm³/mol. The van der Waals surface area contributed by atoms with Gasteiger partial charge in [0.1, 0.15) is 0 Å². The second-order valence-electron chi connectivity index (χ2n) is 8.27. The van der Waals surface area contributed by atoms with Crippen molar-refractivity contribution >= 4 is 17.5 Å². The van der Waals surface area contributed by atoms with E-state index in [-0.39, 0.29) is 5.91 Å². The smallest absolute Gasteiger partial charge is 0.258 e. The van der Waals surface area contributed by atoms with Gasteiger partial charge in [0, 0.05) is 44.3 Å². The summed E-state index contributed by atoms with van der Waals surface area (Å²) in [5.41, 5.74) is 3.70. The van der Waals surface area contributed by atoms with Gasteiger partial charge >= 0.3 is 0 Å². The Labute approximate surface area is 174 Å². The predicted octanol–water partition coefficient (Wildman–Crippen LogP) is 4.12. The SMILES string of the molecule is CCN1CCN(c2ncc(C(=O)Nc3c(C(C)C)cccc3C(C)C)cn2)CC1. The molecule has 6 nitrogen and oxygen atoms in total. The summed E-state index contributed by atoms with van der Waals surface area (Å²) in [5.74, 6) is 1.18. The van der Waals surface area contributed by atoms with Crippen LogP contribution in [0.25, 0.3) is 0 Å². The third kappa shape index (κ3) is 4.93. The summed E-state index contributed by atoms with van der Waals surface area (Å²) in [6.07, 6.45) is 3.27. The van der Waals surface area contributed by atoms with Gasteiger partial charge in [-0.3, -0.25) is 4.79 Å². The second kappa shape index (κ2) is 9.35. The Morgan fingerprint density at radius 1 is 1.00 bits per heavy atom. The number of hydrogen-bond donors (Lipinski definition) is 1. The number of aromatic nitrogens is 2. The summed E-state index contributed by atoms with van der Waals surface area (Å²) >= 11 is 0. The van der Waals surface area contributed by atoms with Crippen LogP contribution in [0.5, 0.6) is 0 Å². The van der Waals surface area contributed by atoms with Crippen LogP contribution >= 0.6 is 0 Å². The third-order valence-corrected chi connectivity index (χ3v) is 5.61. The van der Waals surface area contributed by atoms with E-state index in [2.05, 4.69) is 77.9 Å². The Hall–Kier alpha value is -2.47. The standard InChI is InChI=1S/C23H33N5O/c1-6-27-10-12-28(13-11-27)23-24-14-18(15-25-23)22(29)26-21-19(16(2)3)8-7-9-20(21)17(4)5/h7-9,14-17H,6,10-13H2,1-5H3,(H,26,29). The molecule has 1 aromatic carbocycles. The van der Waals surface area contributed by atoms with Crippen molar-refractivity contribution in [2.75, 3.05) is 42.9 Å². The van der Waals surface area contributed by atoms with Gasteiger partial charge in [0.25, 0.3) is 5.91 Å². The van der Waals surface area contributed by atoms with Crippen LogP contribution in [0.3, 0.4) is 0 Å². The van der Waals surface area contributed by atoms with Crippen molar-refractivity contribution < 1.29 is 4.79 Å². The molecule has 6 heteroatoms. The maximum atomic E-state index is 12.9. The number of nitrogens with zero attached hydrogens (tertiary/aromatic N) is 4. The lowest BCUT2D eigenvalue weighted by Crippen LogP contribution is -2.46. The lowest BCUT2D eigenvalue weighted by Gasteiger charge is -2.33. The van der Waals surface area contributed by atoms with E-state index in [9.17, 15) is 4.79 Å². The molecule has 1 aliphatic rings. The Morgan fingerprint density at radius 2 is 1.55 bits per heavy atom. The molecule has 29 heavy (non-hydrogen) atoms. The molecule has 1 saturated heterocycles. The first kappa shape index (κ1) is 21.2. The number of likely N-dealkylation sites (N-methyl/N-ethyl adjacent to an activating group) is 1. The highest BCUT2D eigenvalue weighted by atomic mass is 16.1. The van der Waals surface area contributed by atoms with E-state index < -0.39 is 0 Å². The summed E-state index contributed by atoms with van der Waals surface area (Å²) in [6, 6.07) is 6.24. The summed E-state index contributed by atoms with van der Waals surface area (Å²) in [6.45, 7) is 15.7. The van der Waals surface area contributed by atoms with E-state index in [1.807, 2.05) is 0 Å². The summed E-state index contributed by atoms with van der Waals surface area (Å²) in [4.78, 5) is 26.4. The maximum Gasteiger partial charge on any atom is 0.258 e. The molecule has 1 aliphatic heterocycles. The number of nitrogens with one attached hydrogen (secondary N) is 1. The number of rotatable bonds is 6. The number of amides is 1.